The van der Waals surface area contributed by atoms with Crippen molar-refractivity contribution in [2.45, 2.75) is 58.9 Å². The number of unbranched alkanes of at least 4 members (excludes halogenated alkanes) is 1. The van der Waals surface area contributed by atoms with Gasteiger partial charge in [-0.25, -0.2) is 4.98 Å². The predicted molar refractivity (Wildman–Crippen MR) is 116 cm³/mol. The van der Waals surface area contributed by atoms with Crippen LogP contribution in [-0.2, 0) is 16.8 Å². The fourth-order valence-electron chi connectivity index (χ4n) is 3.09. The lowest BCUT2D eigenvalue weighted by atomic mass is 9.82. The van der Waals surface area contributed by atoms with E-state index in [0.29, 0.717) is 24.5 Å². The molecule has 1 aromatic heterocycles. The fraction of sp³-hybridized carbons (Fsp3) is 0.500. The number of benzene rings is 1. The molecule has 1 aromatic carbocycles. The van der Waals surface area contributed by atoms with E-state index in [4.69, 9.17) is 4.74 Å². The molecule has 0 atom stereocenters. The van der Waals surface area contributed by atoms with Crippen LogP contribution in [-0.4, -0.2) is 29.9 Å². The number of hydrogen-bond acceptors (Lipinski definition) is 5. The molecule has 0 spiro atoms. The maximum Gasteiger partial charge on any atom is 0.270 e. The Balaban J connectivity index is 1.81. The molecule has 6 nitrogen and oxygen atoms in total. The SMILES string of the molecule is CCCCNC(=O)c1csc(CN2C(=O)COc3ccc(C(C)(C)CC)cc32)n1. The highest BCUT2D eigenvalue weighted by Gasteiger charge is 2.29. The minimum absolute atomic E-state index is 0.00608. The van der Waals surface area contributed by atoms with Crippen LogP contribution in [0.1, 0.15) is 68.0 Å². The van der Waals surface area contributed by atoms with Gasteiger partial charge in [-0.2, -0.15) is 0 Å². The Morgan fingerprint density at radius 1 is 1.34 bits per heavy atom. The van der Waals surface area contributed by atoms with Gasteiger partial charge >= 0.3 is 0 Å². The first-order valence-electron chi connectivity index (χ1n) is 10.2. The van der Waals surface area contributed by atoms with Crippen molar-refractivity contribution in [2.24, 2.45) is 0 Å². The molecule has 0 unspecified atom stereocenters. The Hall–Kier alpha value is -2.41. The molecule has 3 rings (SSSR count). The first-order valence-corrected chi connectivity index (χ1v) is 11.0. The van der Waals surface area contributed by atoms with Crippen LogP contribution < -0.4 is 15.0 Å². The molecule has 156 valence electrons. The fourth-order valence-corrected chi connectivity index (χ4v) is 3.85. The first kappa shape index (κ1) is 21.3. The van der Waals surface area contributed by atoms with E-state index in [-0.39, 0.29) is 23.8 Å². The minimum Gasteiger partial charge on any atom is -0.482 e. The lowest BCUT2D eigenvalue weighted by molar-refractivity contribution is -0.121. The number of carbonyl (C=O) groups excluding carboxylic acids is 2. The molecule has 0 bridgehead atoms. The van der Waals surface area contributed by atoms with Gasteiger partial charge < -0.3 is 10.1 Å². The monoisotopic (exact) mass is 415 g/mol. The van der Waals surface area contributed by atoms with E-state index in [1.165, 1.54) is 11.3 Å². The number of nitrogens with zero attached hydrogens (tertiary/aromatic N) is 2. The summed E-state index contributed by atoms with van der Waals surface area (Å²) in [4.78, 5) is 31.0. The number of amides is 2. The van der Waals surface area contributed by atoms with Gasteiger partial charge in [0.25, 0.3) is 11.8 Å². The molecule has 2 aromatic rings. The van der Waals surface area contributed by atoms with Gasteiger partial charge in [0, 0.05) is 11.9 Å². The standard InChI is InChI=1S/C22H29N3O3S/c1-5-7-10-23-21(27)16-14-29-19(24-16)12-25-17-11-15(22(3,4)6-2)8-9-18(17)28-13-20(25)26/h8-9,11,14H,5-7,10,12-13H2,1-4H3,(H,23,27). The predicted octanol–water partition coefficient (Wildman–Crippen LogP) is 4.29. The molecular formula is C22H29N3O3S. The van der Waals surface area contributed by atoms with Crippen LogP contribution in [0, 0.1) is 0 Å². The molecule has 0 saturated heterocycles. The second kappa shape index (κ2) is 8.95. The summed E-state index contributed by atoms with van der Waals surface area (Å²) >= 11 is 1.40. The topological polar surface area (TPSA) is 71.5 Å². The third-order valence-corrected chi connectivity index (χ3v) is 6.29. The average molecular weight is 416 g/mol. The Kier molecular flexibility index (Phi) is 6.57. The quantitative estimate of drug-likeness (QED) is 0.653. The highest BCUT2D eigenvalue weighted by molar-refractivity contribution is 7.09. The van der Waals surface area contributed by atoms with Crippen molar-refractivity contribution in [3.05, 3.63) is 39.8 Å². The summed E-state index contributed by atoms with van der Waals surface area (Å²) in [5.74, 6) is 0.434. The van der Waals surface area contributed by atoms with Crippen LogP contribution >= 0.6 is 11.3 Å². The van der Waals surface area contributed by atoms with E-state index < -0.39 is 0 Å². The van der Waals surface area contributed by atoms with Gasteiger partial charge in [0.05, 0.1) is 12.2 Å². The number of ether oxygens (including phenoxy) is 1. The number of fused-ring (bicyclic) bond motifs is 1. The van der Waals surface area contributed by atoms with E-state index in [9.17, 15) is 9.59 Å². The maximum absolute atomic E-state index is 12.6. The highest BCUT2D eigenvalue weighted by atomic mass is 32.1. The summed E-state index contributed by atoms with van der Waals surface area (Å²) in [6, 6.07) is 6.05. The van der Waals surface area contributed by atoms with Gasteiger partial charge in [0.15, 0.2) is 6.61 Å². The van der Waals surface area contributed by atoms with Crippen molar-refractivity contribution in [1.82, 2.24) is 10.3 Å². The lowest BCUT2D eigenvalue weighted by Crippen LogP contribution is -2.38. The zero-order valence-electron chi connectivity index (χ0n) is 17.6. The van der Waals surface area contributed by atoms with Crippen molar-refractivity contribution in [3.63, 3.8) is 0 Å². The van der Waals surface area contributed by atoms with Gasteiger partial charge in [-0.15, -0.1) is 11.3 Å². The van der Waals surface area contributed by atoms with E-state index >= 15 is 0 Å². The smallest absolute Gasteiger partial charge is 0.270 e. The Morgan fingerprint density at radius 2 is 2.14 bits per heavy atom. The van der Waals surface area contributed by atoms with Crippen LogP contribution in [0.2, 0.25) is 0 Å². The largest absolute Gasteiger partial charge is 0.482 e. The average Bonchev–Trinajstić information content (AvgIpc) is 3.18. The molecule has 29 heavy (non-hydrogen) atoms. The summed E-state index contributed by atoms with van der Waals surface area (Å²) in [7, 11) is 0. The van der Waals surface area contributed by atoms with Crippen LogP contribution in [0.3, 0.4) is 0 Å². The highest BCUT2D eigenvalue weighted by Crippen LogP contribution is 2.38. The molecule has 0 fully saturated rings. The number of aromatic nitrogens is 1. The van der Waals surface area contributed by atoms with Crippen LogP contribution in [0.5, 0.6) is 5.75 Å². The molecular weight excluding hydrogens is 386 g/mol. The minimum atomic E-state index is -0.165. The number of rotatable bonds is 8. The summed E-state index contributed by atoms with van der Waals surface area (Å²) in [5.41, 5.74) is 2.34. The van der Waals surface area contributed by atoms with Crippen molar-refractivity contribution < 1.29 is 14.3 Å². The van der Waals surface area contributed by atoms with Crippen molar-refractivity contribution >= 4 is 28.8 Å². The normalized spacial score (nSPS) is 13.8. The molecule has 1 N–H and O–H groups in total. The summed E-state index contributed by atoms with van der Waals surface area (Å²) in [6.45, 7) is 9.60. The number of nitrogens with one attached hydrogen (secondary N) is 1. The van der Waals surface area contributed by atoms with E-state index in [2.05, 4.69) is 44.1 Å². The second-order valence-electron chi connectivity index (χ2n) is 7.92. The molecule has 1 aliphatic heterocycles. The molecule has 7 heteroatoms. The Morgan fingerprint density at radius 3 is 2.86 bits per heavy atom. The van der Waals surface area contributed by atoms with Gasteiger partial charge in [0.1, 0.15) is 16.5 Å². The molecule has 2 heterocycles. The van der Waals surface area contributed by atoms with Crippen molar-refractivity contribution in [3.8, 4) is 5.75 Å². The van der Waals surface area contributed by atoms with Gasteiger partial charge in [-0.3, -0.25) is 14.5 Å². The summed E-state index contributed by atoms with van der Waals surface area (Å²) in [5, 5.41) is 5.35. The molecule has 1 aliphatic rings. The van der Waals surface area contributed by atoms with E-state index in [0.717, 1.165) is 35.5 Å². The maximum atomic E-state index is 12.6. The molecule has 0 radical (unpaired) electrons. The third kappa shape index (κ3) is 4.78. The Labute approximate surface area is 176 Å². The molecule has 0 aliphatic carbocycles. The van der Waals surface area contributed by atoms with Crippen molar-refractivity contribution in [1.29, 1.82) is 0 Å². The van der Waals surface area contributed by atoms with E-state index in [1.54, 1.807) is 10.3 Å². The Bertz CT molecular complexity index is 891. The van der Waals surface area contributed by atoms with Gasteiger partial charge in [-0.05, 0) is 36.0 Å². The number of hydrogen-bond donors (Lipinski definition) is 1. The summed E-state index contributed by atoms with van der Waals surface area (Å²) in [6.07, 6.45) is 2.96. The van der Waals surface area contributed by atoms with Crippen LogP contribution in [0.25, 0.3) is 0 Å². The zero-order valence-corrected chi connectivity index (χ0v) is 18.4. The van der Waals surface area contributed by atoms with Crippen LogP contribution in [0.15, 0.2) is 23.6 Å². The third-order valence-electron chi connectivity index (χ3n) is 5.46. The molecule has 0 saturated carbocycles. The number of anilines is 1. The van der Waals surface area contributed by atoms with Crippen LogP contribution in [0.4, 0.5) is 5.69 Å². The molecule has 2 amide bonds. The van der Waals surface area contributed by atoms with Gasteiger partial charge in [0.2, 0.25) is 0 Å². The zero-order chi connectivity index (χ0) is 21.0. The first-order chi connectivity index (χ1) is 13.9. The number of thiazole rings is 1. The van der Waals surface area contributed by atoms with E-state index in [1.807, 2.05) is 12.1 Å². The number of carbonyl (C=O) groups is 2. The summed E-state index contributed by atoms with van der Waals surface area (Å²) < 4.78 is 5.63. The van der Waals surface area contributed by atoms with Gasteiger partial charge in [-0.1, -0.05) is 40.2 Å². The lowest BCUT2D eigenvalue weighted by Gasteiger charge is -2.31. The second-order valence-corrected chi connectivity index (χ2v) is 8.87. The van der Waals surface area contributed by atoms with Crippen molar-refractivity contribution in [2.75, 3.05) is 18.1 Å².